The van der Waals surface area contributed by atoms with Crippen LogP contribution < -0.4 is 11.1 Å². The fraction of sp³-hybridized carbons (Fsp3) is 0.455. The molecule has 1 amide bonds. The number of nitrogens with two attached hydrogens (primary N) is 1. The smallest absolute Gasteiger partial charge is 0.274 e. The molecule has 5 nitrogen and oxygen atoms in total. The van der Waals surface area contributed by atoms with Crippen molar-refractivity contribution in [2.45, 2.75) is 32.7 Å². The number of hydrogen-bond acceptors (Lipinski definition) is 3. The number of aromatic amines is 1. The van der Waals surface area contributed by atoms with Crippen molar-refractivity contribution in [2.24, 2.45) is 0 Å². The fourth-order valence-electron chi connectivity index (χ4n) is 1.33. The zero-order chi connectivity index (χ0) is 12.1. The number of anilines is 1. The van der Waals surface area contributed by atoms with Gasteiger partial charge in [0.05, 0.1) is 11.4 Å². The number of nitrogen functional groups attached to an aromatic ring is 1. The Morgan fingerprint density at radius 3 is 3.00 bits per heavy atom. The molecule has 0 radical (unpaired) electrons. The largest absolute Gasteiger partial charge is 0.395 e. The van der Waals surface area contributed by atoms with Crippen LogP contribution in [0.4, 0.5) is 5.69 Å². The second kappa shape index (κ2) is 5.34. The van der Waals surface area contributed by atoms with E-state index in [1.54, 1.807) is 6.08 Å². The Balaban J connectivity index is 2.80. The van der Waals surface area contributed by atoms with E-state index in [-0.39, 0.29) is 17.6 Å². The normalized spacial score (nSPS) is 12.1. The summed E-state index contributed by atoms with van der Waals surface area (Å²) in [5.74, 6) is -0.275. The molecule has 88 valence electrons. The number of carbonyl (C=O) groups excluding carboxylic acids is 1. The van der Waals surface area contributed by atoms with Crippen molar-refractivity contribution >= 4 is 11.6 Å². The first kappa shape index (κ1) is 12.3. The van der Waals surface area contributed by atoms with Crippen LogP contribution in [0.15, 0.2) is 12.7 Å². The van der Waals surface area contributed by atoms with E-state index in [0.717, 1.165) is 18.5 Å². The number of nitrogens with zero attached hydrogens (tertiary/aromatic N) is 1. The highest BCUT2D eigenvalue weighted by molar-refractivity contribution is 5.97. The molecule has 0 bridgehead atoms. The van der Waals surface area contributed by atoms with E-state index in [0.29, 0.717) is 5.69 Å². The van der Waals surface area contributed by atoms with E-state index < -0.39 is 0 Å². The van der Waals surface area contributed by atoms with Crippen molar-refractivity contribution in [1.82, 2.24) is 15.5 Å². The lowest BCUT2D eigenvalue weighted by Crippen LogP contribution is -2.31. The minimum absolute atomic E-state index is 0.0989. The van der Waals surface area contributed by atoms with Crippen molar-refractivity contribution < 1.29 is 4.79 Å². The van der Waals surface area contributed by atoms with Crippen LogP contribution in [0.25, 0.3) is 0 Å². The van der Waals surface area contributed by atoms with Gasteiger partial charge in [0.2, 0.25) is 0 Å². The molecule has 16 heavy (non-hydrogen) atoms. The summed E-state index contributed by atoms with van der Waals surface area (Å²) in [7, 11) is 0. The Bertz CT molecular complexity index is 383. The highest BCUT2D eigenvalue weighted by atomic mass is 16.2. The maximum atomic E-state index is 11.7. The van der Waals surface area contributed by atoms with Gasteiger partial charge in [-0.25, -0.2) is 0 Å². The standard InChI is InChI=1S/C11H18N4O/c1-4-6-8-9(12)10(15-14-8)11(16)13-7(3)5-2/h5,7H,2,4,6,12H2,1,3H3,(H,13,16)(H,14,15). The van der Waals surface area contributed by atoms with Crippen molar-refractivity contribution in [3.63, 3.8) is 0 Å². The number of aryl methyl sites for hydroxylation is 1. The van der Waals surface area contributed by atoms with Crippen molar-refractivity contribution in [1.29, 1.82) is 0 Å². The number of nitrogens with one attached hydrogen (secondary N) is 2. The van der Waals surface area contributed by atoms with Gasteiger partial charge in [-0.2, -0.15) is 5.10 Å². The molecule has 1 unspecified atom stereocenters. The fourth-order valence-corrected chi connectivity index (χ4v) is 1.33. The van der Waals surface area contributed by atoms with Gasteiger partial charge < -0.3 is 11.1 Å². The second-order valence-electron chi connectivity index (χ2n) is 3.71. The molecule has 0 saturated heterocycles. The Morgan fingerprint density at radius 1 is 1.75 bits per heavy atom. The molecule has 5 heteroatoms. The van der Waals surface area contributed by atoms with Crippen molar-refractivity contribution in [3.8, 4) is 0 Å². The Labute approximate surface area is 95.1 Å². The molecule has 1 atom stereocenters. The van der Waals surface area contributed by atoms with Crippen molar-refractivity contribution in [2.75, 3.05) is 5.73 Å². The van der Waals surface area contributed by atoms with Gasteiger partial charge in [0.25, 0.3) is 5.91 Å². The van der Waals surface area contributed by atoms with Crippen LogP contribution in [-0.4, -0.2) is 22.1 Å². The second-order valence-corrected chi connectivity index (χ2v) is 3.71. The molecule has 0 aromatic carbocycles. The van der Waals surface area contributed by atoms with Gasteiger partial charge >= 0.3 is 0 Å². The summed E-state index contributed by atoms with van der Waals surface area (Å²) in [4.78, 5) is 11.7. The molecule has 1 aromatic heterocycles. The van der Waals surface area contributed by atoms with Crippen LogP contribution >= 0.6 is 0 Å². The monoisotopic (exact) mass is 222 g/mol. The molecule has 0 aliphatic rings. The lowest BCUT2D eigenvalue weighted by atomic mass is 10.2. The summed E-state index contributed by atoms with van der Waals surface area (Å²) >= 11 is 0. The first-order valence-electron chi connectivity index (χ1n) is 5.36. The maximum absolute atomic E-state index is 11.7. The predicted octanol–water partition coefficient (Wildman–Crippen LogP) is 1.25. The average Bonchev–Trinajstić information content (AvgIpc) is 2.61. The van der Waals surface area contributed by atoms with Gasteiger partial charge in [0.15, 0.2) is 5.69 Å². The van der Waals surface area contributed by atoms with E-state index >= 15 is 0 Å². The SMILES string of the molecule is C=CC(C)NC(=O)c1n[nH]c(CCC)c1N. The first-order chi connectivity index (χ1) is 7.60. The molecule has 1 heterocycles. The van der Waals surface area contributed by atoms with E-state index in [9.17, 15) is 4.79 Å². The van der Waals surface area contributed by atoms with Crippen LogP contribution in [0, 0.1) is 0 Å². The third-order valence-electron chi connectivity index (χ3n) is 2.31. The third-order valence-corrected chi connectivity index (χ3v) is 2.31. The van der Waals surface area contributed by atoms with E-state index in [4.69, 9.17) is 5.73 Å². The van der Waals surface area contributed by atoms with Crippen LogP contribution in [0.5, 0.6) is 0 Å². The van der Waals surface area contributed by atoms with E-state index in [1.165, 1.54) is 0 Å². The van der Waals surface area contributed by atoms with Gasteiger partial charge in [-0.1, -0.05) is 19.4 Å². The summed E-state index contributed by atoms with van der Waals surface area (Å²) in [5.41, 5.74) is 7.35. The minimum atomic E-state index is -0.275. The van der Waals surface area contributed by atoms with Crippen LogP contribution in [-0.2, 0) is 6.42 Å². The van der Waals surface area contributed by atoms with Crippen LogP contribution in [0.2, 0.25) is 0 Å². The number of rotatable bonds is 5. The summed E-state index contributed by atoms with van der Waals surface area (Å²) in [6.07, 6.45) is 3.40. The van der Waals surface area contributed by atoms with E-state index in [2.05, 4.69) is 22.1 Å². The van der Waals surface area contributed by atoms with Gasteiger partial charge in [0.1, 0.15) is 0 Å². The molecule has 0 spiro atoms. The average molecular weight is 222 g/mol. The zero-order valence-electron chi connectivity index (χ0n) is 9.71. The maximum Gasteiger partial charge on any atom is 0.274 e. The minimum Gasteiger partial charge on any atom is -0.395 e. The Kier molecular flexibility index (Phi) is 4.10. The number of carbonyl (C=O) groups is 1. The zero-order valence-corrected chi connectivity index (χ0v) is 9.71. The quantitative estimate of drug-likeness (QED) is 0.655. The number of H-pyrrole nitrogens is 1. The lowest BCUT2D eigenvalue weighted by Gasteiger charge is -2.07. The van der Waals surface area contributed by atoms with Gasteiger partial charge in [-0.3, -0.25) is 9.89 Å². The van der Waals surface area contributed by atoms with Gasteiger partial charge in [-0.15, -0.1) is 6.58 Å². The number of amides is 1. The molecule has 4 N–H and O–H groups in total. The third kappa shape index (κ3) is 2.62. The first-order valence-corrected chi connectivity index (χ1v) is 5.36. The van der Waals surface area contributed by atoms with Crippen LogP contribution in [0.3, 0.4) is 0 Å². The number of aromatic nitrogens is 2. The topological polar surface area (TPSA) is 83.8 Å². The Morgan fingerprint density at radius 2 is 2.44 bits per heavy atom. The highest BCUT2D eigenvalue weighted by Crippen LogP contribution is 2.15. The highest BCUT2D eigenvalue weighted by Gasteiger charge is 2.17. The molecule has 0 fully saturated rings. The number of hydrogen-bond donors (Lipinski definition) is 3. The van der Waals surface area contributed by atoms with E-state index in [1.807, 2.05) is 13.8 Å². The lowest BCUT2D eigenvalue weighted by molar-refractivity contribution is 0.0943. The summed E-state index contributed by atoms with van der Waals surface area (Å²) < 4.78 is 0. The molecule has 1 rings (SSSR count). The molecule has 0 saturated carbocycles. The molecule has 0 aliphatic carbocycles. The molecule has 1 aromatic rings. The molecular formula is C11H18N4O. The molecule has 0 aliphatic heterocycles. The summed E-state index contributed by atoms with van der Waals surface area (Å²) in [6, 6.07) is -0.0989. The predicted molar refractivity (Wildman–Crippen MR) is 64.1 cm³/mol. The summed E-state index contributed by atoms with van der Waals surface area (Å²) in [5, 5.41) is 9.43. The van der Waals surface area contributed by atoms with Crippen molar-refractivity contribution in [3.05, 3.63) is 24.0 Å². The van der Waals surface area contributed by atoms with Gasteiger partial charge in [-0.05, 0) is 13.3 Å². The van der Waals surface area contributed by atoms with Gasteiger partial charge in [0, 0.05) is 6.04 Å². The Hall–Kier alpha value is -1.78. The summed E-state index contributed by atoms with van der Waals surface area (Å²) in [6.45, 7) is 7.47. The molecular weight excluding hydrogens is 204 g/mol. The van der Waals surface area contributed by atoms with Crippen LogP contribution in [0.1, 0.15) is 36.5 Å².